The van der Waals surface area contributed by atoms with Crippen LogP contribution in [0, 0.1) is 11.3 Å². The molecule has 1 heterocycles. The molecular weight excluding hydrogens is 248 g/mol. The molecule has 0 bridgehead atoms. The van der Waals surface area contributed by atoms with Crippen molar-refractivity contribution in [3.63, 3.8) is 0 Å². The summed E-state index contributed by atoms with van der Waals surface area (Å²) in [5.41, 5.74) is 0.428. The number of hydrogen-bond donors (Lipinski definition) is 0. The Morgan fingerprint density at radius 3 is 3.06 bits per heavy atom. The average Bonchev–Trinajstić information content (AvgIpc) is 2.38. The number of nitriles is 1. The van der Waals surface area contributed by atoms with E-state index in [0.29, 0.717) is 29.0 Å². The molecular formula is C14H17ClN2O. The third kappa shape index (κ3) is 2.95. The monoisotopic (exact) mass is 264 g/mol. The number of piperidine rings is 1. The van der Waals surface area contributed by atoms with Crippen molar-refractivity contribution < 1.29 is 4.74 Å². The van der Waals surface area contributed by atoms with Gasteiger partial charge in [0.05, 0.1) is 5.02 Å². The first-order valence-electron chi connectivity index (χ1n) is 6.24. The summed E-state index contributed by atoms with van der Waals surface area (Å²) in [6, 6.07) is 7.84. The van der Waals surface area contributed by atoms with Crippen LogP contribution < -0.4 is 4.74 Å². The summed E-state index contributed by atoms with van der Waals surface area (Å²) in [6.07, 6.45) is 3.66. The van der Waals surface area contributed by atoms with Gasteiger partial charge in [-0.05, 0) is 38.6 Å². The maximum absolute atomic E-state index is 9.06. The summed E-state index contributed by atoms with van der Waals surface area (Å²) in [4.78, 5) is 2.32. The van der Waals surface area contributed by atoms with Crippen molar-refractivity contribution in [2.45, 2.75) is 25.3 Å². The number of halogens is 1. The molecule has 1 aliphatic rings. The van der Waals surface area contributed by atoms with E-state index < -0.39 is 0 Å². The van der Waals surface area contributed by atoms with Gasteiger partial charge in [0.2, 0.25) is 0 Å². The fourth-order valence-corrected chi connectivity index (χ4v) is 2.48. The van der Waals surface area contributed by atoms with Gasteiger partial charge >= 0.3 is 0 Å². The van der Waals surface area contributed by atoms with Crippen LogP contribution in [0.2, 0.25) is 5.02 Å². The molecule has 0 N–H and O–H groups in total. The smallest absolute Gasteiger partial charge is 0.138 e. The zero-order valence-electron chi connectivity index (χ0n) is 10.5. The Hall–Kier alpha value is -1.24. The number of hydrogen-bond acceptors (Lipinski definition) is 3. The molecule has 1 unspecified atom stereocenters. The van der Waals surface area contributed by atoms with E-state index in [4.69, 9.17) is 21.6 Å². The molecule has 0 saturated carbocycles. The van der Waals surface area contributed by atoms with Crippen molar-refractivity contribution in [2.24, 2.45) is 0 Å². The predicted octanol–water partition coefficient (Wildman–Crippen LogP) is 3.07. The van der Waals surface area contributed by atoms with Crippen LogP contribution in [0.4, 0.5) is 0 Å². The normalized spacial score (nSPS) is 20.4. The number of ether oxygens (including phenoxy) is 1. The van der Waals surface area contributed by atoms with Gasteiger partial charge in [-0.3, -0.25) is 0 Å². The zero-order valence-corrected chi connectivity index (χ0v) is 11.3. The van der Waals surface area contributed by atoms with Crippen LogP contribution in [-0.4, -0.2) is 31.1 Å². The van der Waals surface area contributed by atoms with Gasteiger partial charge in [0, 0.05) is 6.04 Å². The van der Waals surface area contributed by atoms with Gasteiger partial charge in [0.15, 0.2) is 0 Å². The summed E-state index contributed by atoms with van der Waals surface area (Å²) in [7, 11) is 2.12. The first-order chi connectivity index (χ1) is 8.72. The highest BCUT2D eigenvalue weighted by Crippen LogP contribution is 2.26. The standard InChI is InChI=1S/C14H17ClN2O/c1-17-8-3-2-5-11(17)10-18-14-7-4-6-13(15)12(14)9-16/h4,6-7,11H,2-3,5,8,10H2,1H3. The molecule has 2 rings (SSSR count). The lowest BCUT2D eigenvalue weighted by atomic mass is 10.0. The van der Waals surface area contributed by atoms with Crippen LogP contribution >= 0.6 is 11.6 Å². The van der Waals surface area contributed by atoms with Crippen LogP contribution in [0.1, 0.15) is 24.8 Å². The lowest BCUT2D eigenvalue weighted by Crippen LogP contribution is -2.40. The first-order valence-corrected chi connectivity index (χ1v) is 6.62. The molecule has 0 aromatic heterocycles. The molecule has 3 nitrogen and oxygen atoms in total. The summed E-state index contributed by atoms with van der Waals surface area (Å²) in [5, 5.41) is 9.51. The minimum Gasteiger partial charge on any atom is -0.491 e. The molecule has 0 spiro atoms. The van der Waals surface area contributed by atoms with E-state index in [1.165, 1.54) is 12.8 Å². The Bertz CT molecular complexity index is 456. The molecule has 1 atom stereocenters. The highest BCUT2D eigenvalue weighted by molar-refractivity contribution is 6.31. The lowest BCUT2D eigenvalue weighted by molar-refractivity contribution is 0.125. The third-order valence-corrected chi connectivity index (χ3v) is 3.75. The summed E-state index contributed by atoms with van der Waals surface area (Å²) in [5.74, 6) is 0.587. The highest BCUT2D eigenvalue weighted by Gasteiger charge is 2.20. The second kappa shape index (κ2) is 6.08. The Morgan fingerprint density at radius 1 is 1.50 bits per heavy atom. The quantitative estimate of drug-likeness (QED) is 0.842. The van der Waals surface area contributed by atoms with E-state index >= 15 is 0 Å². The van der Waals surface area contributed by atoms with Gasteiger partial charge in [-0.2, -0.15) is 5.26 Å². The summed E-state index contributed by atoms with van der Waals surface area (Å²) < 4.78 is 5.77. The number of likely N-dealkylation sites (tertiary alicyclic amines) is 1. The van der Waals surface area contributed by atoms with Crippen molar-refractivity contribution in [1.82, 2.24) is 4.90 Å². The van der Waals surface area contributed by atoms with Crippen LogP contribution in [0.5, 0.6) is 5.75 Å². The third-order valence-electron chi connectivity index (χ3n) is 3.44. The maximum atomic E-state index is 9.06. The number of nitrogens with zero attached hydrogens (tertiary/aromatic N) is 2. The molecule has 0 radical (unpaired) electrons. The second-order valence-electron chi connectivity index (χ2n) is 4.67. The molecule has 0 aliphatic carbocycles. The second-order valence-corrected chi connectivity index (χ2v) is 5.07. The van der Waals surface area contributed by atoms with E-state index in [-0.39, 0.29) is 0 Å². The molecule has 1 aromatic carbocycles. The Kier molecular flexibility index (Phi) is 4.46. The van der Waals surface area contributed by atoms with Gasteiger partial charge in [-0.15, -0.1) is 0 Å². The minimum atomic E-state index is 0.428. The van der Waals surface area contributed by atoms with E-state index in [1.807, 2.05) is 6.07 Å². The maximum Gasteiger partial charge on any atom is 0.138 e. The van der Waals surface area contributed by atoms with Crippen molar-refractivity contribution in [3.8, 4) is 11.8 Å². The van der Waals surface area contributed by atoms with E-state index in [1.54, 1.807) is 12.1 Å². The fourth-order valence-electron chi connectivity index (χ4n) is 2.27. The molecule has 96 valence electrons. The zero-order chi connectivity index (χ0) is 13.0. The Balaban J connectivity index is 2.02. The largest absolute Gasteiger partial charge is 0.491 e. The lowest BCUT2D eigenvalue weighted by Gasteiger charge is -2.32. The van der Waals surface area contributed by atoms with E-state index in [0.717, 1.165) is 13.0 Å². The van der Waals surface area contributed by atoms with Gasteiger partial charge in [0.1, 0.15) is 24.0 Å². The van der Waals surface area contributed by atoms with Gasteiger partial charge < -0.3 is 9.64 Å². The molecule has 4 heteroatoms. The van der Waals surface area contributed by atoms with Crippen molar-refractivity contribution >= 4 is 11.6 Å². The molecule has 0 amide bonds. The predicted molar refractivity (Wildman–Crippen MR) is 71.9 cm³/mol. The van der Waals surface area contributed by atoms with Crippen LogP contribution in [-0.2, 0) is 0 Å². The molecule has 1 fully saturated rings. The minimum absolute atomic E-state index is 0.428. The average molecular weight is 265 g/mol. The SMILES string of the molecule is CN1CCCCC1COc1cccc(Cl)c1C#N. The topological polar surface area (TPSA) is 36.3 Å². The van der Waals surface area contributed by atoms with Crippen molar-refractivity contribution in [2.75, 3.05) is 20.2 Å². The van der Waals surface area contributed by atoms with Gasteiger partial charge in [-0.1, -0.05) is 24.1 Å². The highest BCUT2D eigenvalue weighted by atomic mass is 35.5. The fraction of sp³-hybridized carbons (Fsp3) is 0.500. The van der Waals surface area contributed by atoms with E-state index in [2.05, 4.69) is 18.0 Å². The van der Waals surface area contributed by atoms with Gasteiger partial charge in [-0.25, -0.2) is 0 Å². The molecule has 1 saturated heterocycles. The van der Waals surface area contributed by atoms with Crippen LogP contribution in [0.25, 0.3) is 0 Å². The molecule has 18 heavy (non-hydrogen) atoms. The van der Waals surface area contributed by atoms with E-state index in [9.17, 15) is 0 Å². The Morgan fingerprint density at radius 2 is 2.33 bits per heavy atom. The van der Waals surface area contributed by atoms with Crippen molar-refractivity contribution in [3.05, 3.63) is 28.8 Å². The summed E-state index contributed by atoms with van der Waals surface area (Å²) >= 11 is 5.97. The number of likely N-dealkylation sites (N-methyl/N-ethyl adjacent to an activating group) is 1. The van der Waals surface area contributed by atoms with Gasteiger partial charge in [0.25, 0.3) is 0 Å². The Labute approximate surface area is 113 Å². The number of benzene rings is 1. The number of rotatable bonds is 3. The van der Waals surface area contributed by atoms with Crippen LogP contribution in [0.3, 0.4) is 0 Å². The molecule has 1 aromatic rings. The van der Waals surface area contributed by atoms with Crippen molar-refractivity contribution in [1.29, 1.82) is 5.26 Å². The molecule has 1 aliphatic heterocycles. The van der Waals surface area contributed by atoms with Crippen LogP contribution in [0.15, 0.2) is 18.2 Å². The first kappa shape index (κ1) is 13.2. The summed E-state index contributed by atoms with van der Waals surface area (Å²) in [6.45, 7) is 1.74.